The van der Waals surface area contributed by atoms with Crippen molar-refractivity contribution in [2.24, 2.45) is 0 Å². The number of carboxylic acid groups (broad SMARTS) is 3. The van der Waals surface area contributed by atoms with Crippen LogP contribution in [-0.2, 0) is 11.2 Å². The average molecular weight is 436 g/mol. The lowest BCUT2D eigenvalue weighted by atomic mass is 10.0. The first kappa shape index (κ1) is 23.8. The predicted molar refractivity (Wildman–Crippen MR) is 110 cm³/mol. The second-order valence-electron chi connectivity index (χ2n) is 7.46. The van der Waals surface area contributed by atoms with E-state index < -0.39 is 24.3 Å². The van der Waals surface area contributed by atoms with Gasteiger partial charge < -0.3 is 34.9 Å². The highest BCUT2D eigenvalue weighted by Gasteiger charge is 2.29. The third-order valence-electron chi connectivity index (χ3n) is 5.32. The van der Waals surface area contributed by atoms with E-state index in [9.17, 15) is 34.5 Å². The number of hydrogen-bond acceptors (Lipinski definition) is 4. The maximum absolute atomic E-state index is 12.0. The molecule has 2 rings (SSSR count). The van der Waals surface area contributed by atoms with Crippen LogP contribution in [0.3, 0.4) is 0 Å². The summed E-state index contributed by atoms with van der Waals surface area (Å²) in [5.41, 5.74) is 1.89. The number of rotatable bonds is 3. The third kappa shape index (κ3) is 7.05. The lowest BCUT2D eigenvalue weighted by Gasteiger charge is -2.36. The van der Waals surface area contributed by atoms with Crippen LogP contribution in [0.4, 0.5) is 14.4 Å². The zero-order chi connectivity index (χ0) is 23.0. The quantitative estimate of drug-likeness (QED) is 0.607. The minimum atomic E-state index is -1.25. The van der Waals surface area contributed by atoms with Gasteiger partial charge in [-0.25, -0.2) is 14.4 Å². The normalized spacial score (nSPS) is 18.7. The van der Waals surface area contributed by atoms with Gasteiger partial charge in [0.25, 0.3) is 0 Å². The number of amides is 4. The summed E-state index contributed by atoms with van der Waals surface area (Å²) in [6.07, 6.45) is -2.84. The van der Waals surface area contributed by atoms with Gasteiger partial charge in [0.05, 0.1) is 6.04 Å². The van der Waals surface area contributed by atoms with Crippen LogP contribution in [0.2, 0.25) is 0 Å². The number of nitrogens with zero attached hydrogens (tertiary/aromatic N) is 4. The van der Waals surface area contributed by atoms with Crippen LogP contribution in [0.25, 0.3) is 0 Å². The monoisotopic (exact) mass is 436 g/mol. The van der Waals surface area contributed by atoms with Crippen molar-refractivity contribution in [1.82, 2.24) is 19.6 Å². The van der Waals surface area contributed by atoms with Crippen LogP contribution in [0, 0.1) is 6.92 Å². The number of benzene rings is 1. The van der Waals surface area contributed by atoms with E-state index >= 15 is 0 Å². The lowest BCUT2D eigenvalue weighted by Crippen LogP contribution is -2.53. The summed E-state index contributed by atoms with van der Waals surface area (Å²) < 4.78 is 0. The minimum absolute atomic E-state index is 0.00139. The second kappa shape index (κ2) is 11.0. The smallest absolute Gasteiger partial charge is 0.407 e. The van der Waals surface area contributed by atoms with Gasteiger partial charge in [0.1, 0.15) is 0 Å². The zero-order valence-corrected chi connectivity index (χ0v) is 17.4. The Labute approximate surface area is 180 Å². The predicted octanol–water partition coefficient (Wildman–Crippen LogP) is 1.32. The summed E-state index contributed by atoms with van der Waals surface area (Å²) in [7, 11) is 0. The molecule has 11 heteroatoms. The Morgan fingerprint density at radius 2 is 1.42 bits per heavy atom. The first-order valence-corrected chi connectivity index (χ1v) is 9.91. The summed E-state index contributed by atoms with van der Waals surface area (Å²) in [6, 6.07) is 6.80. The van der Waals surface area contributed by atoms with Crippen molar-refractivity contribution < 1.29 is 34.5 Å². The fourth-order valence-corrected chi connectivity index (χ4v) is 3.47. The summed E-state index contributed by atoms with van der Waals surface area (Å²) in [5.74, 6) is 0. The average Bonchev–Trinajstić information content (AvgIpc) is 2.70. The molecule has 1 atom stereocenters. The number of aryl methyl sites for hydroxylation is 1. The highest BCUT2D eigenvalue weighted by Crippen LogP contribution is 2.14. The molecule has 1 aliphatic heterocycles. The standard InChI is InChI=1S/C20H28N4O7/c1-15-2-4-16(5-3-15)12-17-13-23(19(28)29)10-9-22(18(26)27)8-6-21(14-25)7-11-24(17)20(30)31/h2-5,14,17H,6-13H2,1H3,(H,26,27)(H,28,29)(H,30,31). The highest BCUT2D eigenvalue weighted by atomic mass is 16.4. The summed E-state index contributed by atoms with van der Waals surface area (Å²) in [5, 5.41) is 28.8. The Morgan fingerprint density at radius 1 is 0.871 bits per heavy atom. The van der Waals surface area contributed by atoms with Crippen molar-refractivity contribution in [3.63, 3.8) is 0 Å². The molecular weight excluding hydrogens is 408 g/mol. The SMILES string of the molecule is Cc1ccc(CC2CN(C(=O)O)CCN(C(=O)O)CCN(C=O)CCN2C(=O)O)cc1. The van der Waals surface area contributed by atoms with Crippen LogP contribution in [0.5, 0.6) is 0 Å². The Kier molecular flexibility index (Phi) is 8.47. The fourth-order valence-electron chi connectivity index (χ4n) is 3.47. The molecular formula is C20H28N4O7. The largest absolute Gasteiger partial charge is 0.465 e. The molecule has 0 bridgehead atoms. The van der Waals surface area contributed by atoms with E-state index in [4.69, 9.17) is 0 Å². The van der Waals surface area contributed by atoms with Crippen LogP contribution in [0.15, 0.2) is 24.3 Å². The van der Waals surface area contributed by atoms with E-state index in [1.807, 2.05) is 31.2 Å². The van der Waals surface area contributed by atoms with E-state index in [0.717, 1.165) is 25.8 Å². The second-order valence-corrected chi connectivity index (χ2v) is 7.46. The Morgan fingerprint density at radius 3 is 1.97 bits per heavy atom. The minimum Gasteiger partial charge on any atom is -0.465 e. The van der Waals surface area contributed by atoms with Crippen molar-refractivity contribution >= 4 is 24.7 Å². The van der Waals surface area contributed by atoms with Crippen molar-refractivity contribution in [3.05, 3.63) is 35.4 Å². The molecule has 1 heterocycles. The van der Waals surface area contributed by atoms with Crippen LogP contribution >= 0.6 is 0 Å². The van der Waals surface area contributed by atoms with Gasteiger partial charge in [-0.05, 0) is 18.9 Å². The van der Waals surface area contributed by atoms with Crippen LogP contribution in [0.1, 0.15) is 11.1 Å². The molecule has 0 spiro atoms. The molecule has 0 radical (unpaired) electrons. The first-order valence-electron chi connectivity index (χ1n) is 9.91. The summed E-state index contributed by atoms with van der Waals surface area (Å²) in [6.45, 7) is 1.74. The maximum Gasteiger partial charge on any atom is 0.407 e. The lowest BCUT2D eigenvalue weighted by molar-refractivity contribution is -0.118. The highest BCUT2D eigenvalue weighted by molar-refractivity contribution is 5.68. The van der Waals surface area contributed by atoms with Gasteiger partial charge in [-0.1, -0.05) is 29.8 Å². The molecule has 31 heavy (non-hydrogen) atoms. The molecule has 0 aromatic heterocycles. The Balaban J connectivity index is 2.35. The number of carbonyl (C=O) groups is 4. The van der Waals surface area contributed by atoms with Gasteiger partial charge in [-0.15, -0.1) is 0 Å². The molecule has 1 fully saturated rings. The van der Waals surface area contributed by atoms with Crippen LogP contribution in [-0.4, -0.2) is 111 Å². The molecule has 0 saturated carbocycles. The Hall–Kier alpha value is -3.50. The third-order valence-corrected chi connectivity index (χ3v) is 5.32. The molecule has 3 N–H and O–H groups in total. The zero-order valence-electron chi connectivity index (χ0n) is 17.4. The van der Waals surface area contributed by atoms with Gasteiger partial charge in [0.15, 0.2) is 0 Å². The van der Waals surface area contributed by atoms with E-state index in [1.54, 1.807) is 0 Å². The molecule has 1 aromatic carbocycles. The molecule has 170 valence electrons. The molecule has 0 aliphatic carbocycles. The van der Waals surface area contributed by atoms with Gasteiger partial charge in [-0.2, -0.15) is 0 Å². The summed E-state index contributed by atoms with van der Waals surface area (Å²) >= 11 is 0. The topological polar surface area (TPSA) is 142 Å². The molecule has 11 nitrogen and oxygen atoms in total. The van der Waals surface area contributed by atoms with E-state index in [2.05, 4.69) is 0 Å². The number of hydrogen-bond donors (Lipinski definition) is 3. The van der Waals surface area contributed by atoms with Gasteiger partial charge in [0, 0.05) is 45.8 Å². The van der Waals surface area contributed by atoms with Gasteiger partial charge >= 0.3 is 18.3 Å². The van der Waals surface area contributed by atoms with Crippen molar-refractivity contribution in [1.29, 1.82) is 0 Å². The van der Waals surface area contributed by atoms with Crippen LogP contribution < -0.4 is 0 Å². The molecule has 1 unspecified atom stereocenters. The van der Waals surface area contributed by atoms with Crippen molar-refractivity contribution in [3.8, 4) is 0 Å². The molecule has 1 aromatic rings. The Bertz CT molecular complexity index is 786. The van der Waals surface area contributed by atoms with Crippen molar-refractivity contribution in [2.75, 3.05) is 45.8 Å². The molecule has 1 saturated heterocycles. The first-order chi connectivity index (χ1) is 14.7. The number of carbonyl (C=O) groups excluding carboxylic acids is 1. The van der Waals surface area contributed by atoms with E-state index in [-0.39, 0.29) is 52.2 Å². The summed E-state index contributed by atoms with van der Waals surface area (Å²) in [4.78, 5) is 51.3. The molecule has 4 amide bonds. The van der Waals surface area contributed by atoms with Gasteiger partial charge in [0.2, 0.25) is 6.41 Å². The van der Waals surface area contributed by atoms with E-state index in [0.29, 0.717) is 6.41 Å². The van der Waals surface area contributed by atoms with E-state index in [1.165, 1.54) is 4.90 Å². The molecule has 1 aliphatic rings. The maximum atomic E-state index is 12.0. The van der Waals surface area contributed by atoms with Crippen molar-refractivity contribution in [2.45, 2.75) is 19.4 Å². The fraction of sp³-hybridized carbons (Fsp3) is 0.500. The van der Waals surface area contributed by atoms with Gasteiger partial charge in [-0.3, -0.25) is 4.79 Å².